The Labute approximate surface area is 61.7 Å². The number of carbonyl (C=O) groups is 1. The molecule has 0 radical (unpaired) electrons. The third kappa shape index (κ3) is 3.93. The van der Waals surface area contributed by atoms with Crippen LogP contribution in [0.15, 0.2) is 0 Å². The molecule has 3 heteroatoms. The highest BCUT2D eigenvalue weighted by Crippen LogP contribution is 1.81. The van der Waals surface area contributed by atoms with Crippen LogP contribution in [0.3, 0.4) is 0 Å². The van der Waals surface area contributed by atoms with Crippen LogP contribution in [0.4, 0.5) is 0 Å². The van der Waals surface area contributed by atoms with Crippen LogP contribution in [-0.4, -0.2) is 17.0 Å². The molecule has 0 aliphatic carbocycles. The van der Waals surface area contributed by atoms with Crippen molar-refractivity contribution in [3.63, 3.8) is 0 Å². The monoisotopic (exact) mass is 224 g/mol. The highest BCUT2D eigenvalue weighted by molar-refractivity contribution is 14.1. The second kappa shape index (κ2) is 4.91. The van der Waals surface area contributed by atoms with E-state index in [9.17, 15) is 4.79 Å². The van der Waals surface area contributed by atoms with Crippen LogP contribution in [0.1, 0.15) is 0 Å². The highest BCUT2D eigenvalue weighted by atomic mass is 127. The average Bonchev–Trinajstić information content (AvgIpc) is 1.83. The Morgan fingerprint density at radius 3 is 2.88 bits per heavy atom. The summed E-state index contributed by atoms with van der Waals surface area (Å²) in [6, 6.07) is 0. The number of hydrogen-bond donors (Lipinski definition) is 0. The summed E-state index contributed by atoms with van der Waals surface area (Å²) in [7, 11) is 0. The largest absolute Gasteiger partial charge is 0.455 e. The topological polar surface area (TPSA) is 26.3 Å². The van der Waals surface area contributed by atoms with Gasteiger partial charge in [-0.25, -0.2) is 4.79 Å². The van der Waals surface area contributed by atoms with Crippen molar-refractivity contribution >= 4 is 28.6 Å². The van der Waals surface area contributed by atoms with Gasteiger partial charge in [-0.1, -0.05) is 22.6 Å². The molecule has 0 aromatic rings. The zero-order valence-electron chi connectivity index (χ0n) is 4.19. The minimum absolute atomic E-state index is 0.406. The van der Waals surface area contributed by atoms with Gasteiger partial charge in [-0.05, 0) is 0 Å². The fraction of sp³-hybridized carbons (Fsp3) is 0.400. The number of carbonyl (C=O) groups excluding carboxylic acids is 1. The van der Waals surface area contributed by atoms with Crippen LogP contribution in [0, 0.1) is 12.3 Å². The minimum atomic E-state index is -0.582. The van der Waals surface area contributed by atoms with Gasteiger partial charge in [-0.2, -0.15) is 0 Å². The lowest BCUT2D eigenvalue weighted by molar-refractivity contribution is -0.135. The maximum atomic E-state index is 10.1. The molecule has 0 aromatic carbocycles. The first-order chi connectivity index (χ1) is 3.81. The van der Waals surface area contributed by atoms with E-state index in [-0.39, 0.29) is 0 Å². The third-order valence-corrected chi connectivity index (χ3v) is 0.869. The lowest BCUT2D eigenvalue weighted by Gasteiger charge is -1.92. The van der Waals surface area contributed by atoms with Crippen molar-refractivity contribution in [3.8, 4) is 12.3 Å². The minimum Gasteiger partial charge on any atom is -0.455 e. The van der Waals surface area contributed by atoms with Crippen LogP contribution in [0.25, 0.3) is 0 Å². The van der Waals surface area contributed by atoms with Crippen molar-refractivity contribution in [3.05, 3.63) is 0 Å². The van der Waals surface area contributed by atoms with E-state index < -0.39 is 5.97 Å². The number of rotatable bonds is 2. The first-order valence-electron chi connectivity index (χ1n) is 2.00. The molecule has 0 heterocycles. The van der Waals surface area contributed by atoms with E-state index in [1.807, 2.05) is 5.92 Å². The fourth-order valence-electron chi connectivity index (χ4n) is 0.173. The molecule has 0 N–H and O–H groups in total. The van der Waals surface area contributed by atoms with E-state index in [4.69, 9.17) is 0 Å². The van der Waals surface area contributed by atoms with Gasteiger partial charge in [0.25, 0.3) is 0 Å². The molecule has 2 nitrogen and oxygen atoms in total. The lowest BCUT2D eigenvalue weighted by atomic mass is 10.7. The summed E-state index contributed by atoms with van der Waals surface area (Å²) in [5, 5.41) is 0. The molecular weight excluding hydrogens is 219 g/mol. The lowest BCUT2D eigenvalue weighted by Crippen LogP contribution is -2.02. The normalized spacial score (nSPS) is 7.50. The molecular formula is C5H5IO2. The summed E-state index contributed by atoms with van der Waals surface area (Å²) in [5.74, 6) is 1.25. The molecule has 0 spiro atoms. The van der Waals surface area contributed by atoms with Crippen molar-refractivity contribution in [1.29, 1.82) is 0 Å². The Bertz CT molecular complexity index is 114. The van der Waals surface area contributed by atoms with Gasteiger partial charge in [0, 0.05) is 10.3 Å². The second-order valence-electron chi connectivity index (χ2n) is 0.969. The molecule has 0 atom stereocenters. The summed E-state index contributed by atoms with van der Waals surface area (Å²) < 4.78 is 5.24. The summed E-state index contributed by atoms with van der Waals surface area (Å²) in [6.45, 7) is 0.406. The molecule has 44 valence electrons. The van der Waals surface area contributed by atoms with Crippen molar-refractivity contribution < 1.29 is 9.53 Å². The number of hydrogen-bond acceptors (Lipinski definition) is 2. The van der Waals surface area contributed by atoms with Crippen LogP contribution in [0.2, 0.25) is 0 Å². The molecule has 0 unspecified atom stereocenters. The van der Waals surface area contributed by atoms with E-state index >= 15 is 0 Å². The Kier molecular flexibility index (Phi) is 4.76. The molecule has 0 aliphatic heterocycles. The number of alkyl halides is 1. The molecule has 0 rings (SSSR count). The number of ether oxygens (including phenoxy) is 1. The summed E-state index contributed by atoms with van der Waals surface area (Å²) in [4.78, 5) is 10.1. The SMILES string of the molecule is C#CC(=O)OCCI. The van der Waals surface area contributed by atoms with Crippen molar-refractivity contribution in [2.45, 2.75) is 0 Å². The van der Waals surface area contributed by atoms with E-state index in [1.165, 1.54) is 0 Å². The van der Waals surface area contributed by atoms with Crippen LogP contribution >= 0.6 is 22.6 Å². The first-order valence-corrected chi connectivity index (χ1v) is 3.53. The molecule has 0 fully saturated rings. The number of halogens is 1. The van der Waals surface area contributed by atoms with E-state index in [2.05, 4.69) is 33.8 Å². The number of esters is 1. The zero-order valence-corrected chi connectivity index (χ0v) is 6.34. The highest BCUT2D eigenvalue weighted by Gasteiger charge is 1.91. The van der Waals surface area contributed by atoms with E-state index in [1.54, 1.807) is 0 Å². The molecule has 0 amide bonds. The van der Waals surface area contributed by atoms with Gasteiger partial charge < -0.3 is 4.74 Å². The first kappa shape index (κ1) is 7.76. The van der Waals surface area contributed by atoms with Gasteiger partial charge in [0.1, 0.15) is 6.61 Å². The smallest absolute Gasteiger partial charge is 0.384 e. The molecule has 8 heavy (non-hydrogen) atoms. The van der Waals surface area contributed by atoms with Crippen LogP contribution < -0.4 is 0 Å². The Morgan fingerprint density at radius 2 is 2.50 bits per heavy atom. The Morgan fingerprint density at radius 1 is 1.88 bits per heavy atom. The van der Waals surface area contributed by atoms with E-state index in [0.717, 1.165) is 4.43 Å². The Balaban J connectivity index is 3.16. The summed E-state index contributed by atoms with van der Waals surface area (Å²) in [6.07, 6.45) is 4.69. The van der Waals surface area contributed by atoms with Gasteiger partial charge in [-0.15, -0.1) is 6.42 Å². The standard InChI is InChI=1S/C5H5IO2/c1-2-5(7)8-4-3-6/h1H,3-4H2. The van der Waals surface area contributed by atoms with Crippen molar-refractivity contribution in [1.82, 2.24) is 0 Å². The quantitative estimate of drug-likeness (QED) is 0.225. The fourth-order valence-corrected chi connectivity index (χ4v) is 0.393. The predicted molar refractivity (Wildman–Crippen MR) is 38.7 cm³/mol. The summed E-state index contributed by atoms with van der Waals surface area (Å²) in [5.41, 5.74) is 0. The van der Waals surface area contributed by atoms with Gasteiger partial charge in [0.15, 0.2) is 0 Å². The maximum absolute atomic E-state index is 10.1. The van der Waals surface area contributed by atoms with Crippen molar-refractivity contribution in [2.75, 3.05) is 11.0 Å². The van der Waals surface area contributed by atoms with Crippen LogP contribution in [0.5, 0.6) is 0 Å². The van der Waals surface area contributed by atoms with Gasteiger partial charge in [-0.3, -0.25) is 0 Å². The van der Waals surface area contributed by atoms with Crippen molar-refractivity contribution in [2.24, 2.45) is 0 Å². The molecule has 0 bridgehead atoms. The molecule has 0 saturated heterocycles. The van der Waals surface area contributed by atoms with E-state index in [0.29, 0.717) is 6.61 Å². The Hall–Kier alpha value is -0.240. The zero-order chi connectivity index (χ0) is 6.41. The van der Waals surface area contributed by atoms with Gasteiger partial charge in [0.05, 0.1) is 0 Å². The predicted octanol–water partition coefficient (Wildman–Crippen LogP) is 0.598. The molecule has 0 saturated carbocycles. The number of terminal acetylenes is 1. The summed E-state index contributed by atoms with van der Waals surface area (Å²) >= 11 is 2.09. The van der Waals surface area contributed by atoms with Crippen LogP contribution in [-0.2, 0) is 9.53 Å². The molecule has 0 aromatic heterocycles. The maximum Gasteiger partial charge on any atom is 0.384 e. The third-order valence-electron chi connectivity index (χ3n) is 0.428. The van der Waals surface area contributed by atoms with Gasteiger partial charge in [0.2, 0.25) is 0 Å². The second-order valence-corrected chi connectivity index (χ2v) is 2.05. The average molecular weight is 224 g/mol. The molecule has 0 aliphatic rings. The van der Waals surface area contributed by atoms with Gasteiger partial charge >= 0.3 is 5.97 Å².